The number of nitrogens with one attached hydrogen (secondary N) is 1. The molecule has 0 aliphatic rings. The molecule has 2 aromatic rings. The number of benzene rings is 2. The molecule has 0 bridgehead atoms. The van der Waals surface area contributed by atoms with Crippen molar-refractivity contribution in [2.75, 3.05) is 20.3 Å². The van der Waals surface area contributed by atoms with Gasteiger partial charge in [0.2, 0.25) is 0 Å². The van der Waals surface area contributed by atoms with E-state index in [4.69, 9.17) is 9.47 Å². The average molecular weight is 285 g/mol. The summed E-state index contributed by atoms with van der Waals surface area (Å²) in [5.41, 5.74) is 3.53. The molecular weight excluding hydrogens is 262 g/mol. The topological polar surface area (TPSA) is 30.5 Å². The fraction of sp³-hybridized carbons (Fsp3) is 0.333. The van der Waals surface area contributed by atoms with Crippen LogP contribution in [0.25, 0.3) is 0 Å². The Hall–Kier alpha value is -1.84. The van der Waals surface area contributed by atoms with E-state index in [2.05, 4.69) is 37.4 Å². The van der Waals surface area contributed by atoms with Crippen LogP contribution in [0.15, 0.2) is 42.5 Å². The number of hydrogen-bond acceptors (Lipinski definition) is 3. The minimum absolute atomic E-state index is 0.708. The molecule has 0 aliphatic carbocycles. The second-order valence-electron chi connectivity index (χ2n) is 5.15. The Morgan fingerprint density at radius 1 is 1.00 bits per heavy atom. The van der Waals surface area contributed by atoms with Crippen molar-refractivity contribution in [1.82, 2.24) is 5.32 Å². The van der Waals surface area contributed by atoms with Crippen LogP contribution in [0.2, 0.25) is 0 Å². The van der Waals surface area contributed by atoms with Gasteiger partial charge in [0.1, 0.15) is 11.5 Å². The summed E-state index contributed by atoms with van der Waals surface area (Å²) >= 11 is 0. The summed E-state index contributed by atoms with van der Waals surface area (Å²) in [5.74, 6) is 1.80. The van der Waals surface area contributed by atoms with Crippen molar-refractivity contribution in [2.45, 2.75) is 20.4 Å². The van der Waals surface area contributed by atoms with Crippen LogP contribution in [0, 0.1) is 13.8 Å². The Balaban J connectivity index is 2.13. The molecule has 0 aromatic heterocycles. The van der Waals surface area contributed by atoms with Gasteiger partial charge in [0.05, 0.1) is 6.61 Å². The van der Waals surface area contributed by atoms with Crippen molar-refractivity contribution < 1.29 is 9.47 Å². The van der Waals surface area contributed by atoms with Crippen LogP contribution in [0.3, 0.4) is 0 Å². The van der Waals surface area contributed by atoms with Crippen LogP contribution in [-0.4, -0.2) is 20.3 Å². The number of ether oxygens (including phenoxy) is 2. The summed E-state index contributed by atoms with van der Waals surface area (Å²) in [6.45, 7) is 6.45. The summed E-state index contributed by atoms with van der Waals surface area (Å²) in [6.07, 6.45) is 0. The molecule has 2 rings (SSSR count). The third-order valence-electron chi connectivity index (χ3n) is 3.33. The molecule has 0 amide bonds. The van der Waals surface area contributed by atoms with E-state index in [0.717, 1.165) is 35.7 Å². The summed E-state index contributed by atoms with van der Waals surface area (Å²) in [6, 6.07) is 14.3. The Morgan fingerprint density at radius 3 is 2.57 bits per heavy atom. The summed E-state index contributed by atoms with van der Waals surface area (Å²) in [7, 11) is 1.71. The molecule has 0 saturated carbocycles. The lowest BCUT2D eigenvalue weighted by Gasteiger charge is -2.14. The zero-order valence-electron chi connectivity index (χ0n) is 13.0. The summed E-state index contributed by atoms with van der Waals surface area (Å²) in [4.78, 5) is 0. The van der Waals surface area contributed by atoms with Gasteiger partial charge in [0, 0.05) is 25.8 Å². The first-order valence-corrected chi connectivity index (χ1v) is 7.23. The monoisotopic (exact) mass is 285 g/mol. The van der Waals surface area contributed by atoms with E-state index in [1.54, 1.807) is 7.11 Å². The molecule has 0 heterocycles. The lowest BCUT2D eigenvalue weighted by Crippen LogP contribution is -2.18. The van der Waals surface area contributed by atoms with E-state index in [9.17, 15) is 0 Å². The van der Waals surface area contributed by atoms with Crippen molar-refractivity contribution in [3.05, 3.63) is 59.2 Å². The van der Waals surface area contributed by atoms with Gasteiger partial charge >= 0.3 is 0 Å². The molecule has 0 unspecified atom stereocenters. The van der Waals surface area contributed by atoms with Gasteiger partial charge < -0.3 is 14.8 Å². The molecule has 0 saturated heterocycles. The molecule has 0 radical (unpaired) electrons. The average Bonchev–Trinajstić information content (AvgIpc) is 2.48. The van der Waals surface area contributed by atoms with Crippen LogP contribution >= 0.6 is 0 Å². The Morgan fingerprint density at radius 2 is 1.81 bits per heavy atom. The van der Waals surface area contributed by atoms with E-state index in [-0.39, 0.29) is 0 Å². The maximum Gasteiger partial charge on any atom is 0.131 e. The van der Waals surface area contributed by atoms with Crippen molar-refractivity contribution >= 4 is 0 Å². The highest BCUT2D eigenvalue weighted by Crippen LogP contribution is 2.28. The van der Waals surface area contributed by atoms with Gasteiger partial charge in [0.15, 0.2) is 0 Å². The third-order valence-corrected chi connectivity index (χ3v) is 3.33. The highest BCUT2D eigenvalue weighted by atomic mass is 16.5. The Labute approximate surface area is 126 Å². The van der Waals surface area contributed by atoms with E-state index < -0.39 is 0 Å². The highest BCUT2D eigenvalue weighted by Gasteiger charge is 2.07. The number of hydrogen-bond donors (Lipinski definition) is 1. The first kappa shape index (κ1) is 15.5. The number of para-hydroxylation sites is 1. The van der Waals surface area contributed by atoms with Gasteiger partial charge in [-0.25, -0.2) is 0 Å². The maximum atomic E-state index is 6.08. The van der Waals surface area contributed by atoms with Crippen LogP contribution in [-0.2, 0) is 11.3 Å². The standard InChI is InChI=1S/C18H23NO2/c1-14-8-9-18(16(12-14)13-19-10-11-20-3)21-17-7-5-4-6-15(17)2/h4-9,12,19H,10-11,13H2,1-3H3. The molecule has 112 valence electrons. The first-order chi connectivity index (χ1) is 10.2. The lowest BCUT2D eigenvalue weighted by molar-refractivity contribution is 0.199. The fourth-order valence-electron chi connectivity index (χ4n) is 2.13. The van der Waals surface area contributed by atoms with Gasteiger partial charge in [-0.3, -0.25) is 0 Å². The zero-order valence-corrected chi connectivity index (χ0v) is 13.0. The maximum absolute atomic E-state index is 6.08. The van der Waals surface area contributed by atoms with E-state index >= 15 is 0 Å². The quantitative estimate of drug-likeness (QED) is 0.784. The van der Waals surface area contributed by atoms with Gasteiger partial charge in [-0.15, -0.1) is 0 Å². The SMILES string of the molecule is COCCNCc1cc(C)ccc1Oc1ccccc1C. The fourth-order valence-corrected chi connectivity index (χ4v) is 2.13. The molecule has 1 N–H and O–H groups in total. The van der Waals surface area contributed by atoms with Gasteiger partial charge in [0.25, 0.3) is 0 Å². The predicted octanol–water partition coefficient (Wildman–Crippen LogP) is 3.83. The molecule has 21 heavy (non-hydrogen) atoms. The normalized spacial score (nSPS) is 10.6. The largest absolute Gasteiger partial charge is 0.457 e. The Kier molecular flexibility index (Phi) is 5.78. The summed E-state index contributed by atoms with van der Waals surface area (Å²) in [5, 5.41) is 3.37. The predicted molar refractivity (Wildman–Crippen MR) is 86.0 cm³/mol. The first-order valence-electron chi connectivity index (χ1n) is 7.23. The molecule has 0 spiro atoms. The van der Waals surface area contributed by atoms with Gasteiger partial charge in [-0.05, 0) is 31.5 Å². The van der Waals surface area contributed by atoms with E-state index in [0.29, 0.717) is 6.61 Å². The van der Waals surface area contributed by atoms with Crippen molar-refractivity contribution in [3.63, 3.8) is 0 Å². The molecule has 0 fully saturated rings. The van der Waals surface area contributed by atoms with Crippen molar-refractivity contribution in [2.24, 2.45) is 0 Å². The van der Waals surface area contributed by atoms with Crippen molar-refractivity contribution in [3.8, 4) is 11.5 Å². The molecule has 0 aliphatic heterocycles. The zero-order chi connectivity index (χ0) is 15.1. The van der Waals surface area contributed by atoms with Gasteiger partial charge in [-0.1, -0.05) is 35.9 Å². The summed E-state index contributed by atoms with van der Waals surface area (Å²) < 4.78 is 11.1. The molecule has 2 aromatic carbocycles. The smallest absolute Gasteiger partial charge is 0.131 e. The molecule has 3 heteroatoms. The second kappa shape index (κ2) is 7.81. The minimum Gasteiger partial charge on any atom is -0.457 e. The van der Waals surface area contributed by atoms with E-state index in [1.165, 1.54) is 5.56 Å². The highest BCUT2D eigenvalue weighted by molar-refractivity contribution is 5.42. The number of rotatable bonds is 7. The van der Waals surface area contributed by atoms with Crippen LogP contribution in [0.1, 0.15) is 16.7 Å². The van der Waals surface area contributed by atoms with Crippen LogP contribution in [0.5, 0.6) is 11.5 Å². The number of aryl methyl sites for hydroxylation is 2. The third kappa shape index (κ3) is 4.59. The van der Waals surface area contributed by atoms with E-state index in [1.807, 2.05) is 24.3 Å². The van der Waals surface area contributed by atoms with Crippen LogP contribution < -0.4 is 10.1 Å². The molecular formula is C18H23NO2. The van der Waals surface area contributed by atoms with Crippen molar-refractivity contribution in [1.29, 1.82) is 0 Å². The Bertz CT molecular complexity index is 581. The number of methoxy groups -OCH3 is 1. The lowest BCUT2D eigenvalue weighted by atomic mass is 10.1. The minimum atomic E-state index is 0.708. The molecule has 3 nitrogen and oxygen atoms in total. The molecule has 0 atom stereocenters. The van der Waals surface area contributed by atoms with Crippen LogP contribution in [0.4, 0.5) is 0 Å². The van der Waals surface area contributed by atoms with Gasteiger partial charge in [-0.2, -0.15) is 0 Å². The second-order valence-corrected chi connectivity index (χ2v) is 5.15.